The number of benzene rings is 1. The van der Waals surface area contributed by atoms with E-state index in [0.29, 0.717) is 25.9 Å². The van der Waals surface area contributed by atoms with Crippen molar-refractivity contribution in [2.75, 3.05) is 25.9 Å². The highest BCUT2D eigenvalue weighted by Crippen LogP contribution is 2.26. The summed E-state index contributed by atoms with van der Waals surface area (Å²) in [5, 5.41) is 11.0. The topological polar surface area (TPSA) is 101 Å². The maximum Gasteiger partial charge on any atom is 0.270 e. The van der Waals surface area contributed by atoms with E-state index in [1.807, 2.05) is 0 Å². The van der Waals surface area contributed by atoms with Gasteiger partial charge >= 0.3 is 0 Å². The highest BCUT2D eigenvalue weighted by Gasteiger charge is 2.31. The van der Waals surface area contributed by atoms with Gasteiger partial charge in [-0.15, -0.1) is 0 Å². The average Bonchev–Trinajstić information content (AvgIpc) is 2.60. The fourth-order valence-electron chi connectivity index (χ4n) is 2.82. The average molecular weight is 390 g/mol. The minimum absolute atomic E-state index is 0.0337. The van der Waals surface area contributed by atoms with Crippen molar-refractivity contribution in [2.24, 2.45) is 0 Å². The van der Waals surface area contributed by atoms with E-state index in [-0.39, 0.29) is 34.0 Å². The van der Waals surface area contributed by atoms with Crippen LogP contribution < -0.4 is 0 Å². The zero-order chi connectivity index (χ0) is 18.8. The van der Waals surface area contributed by atoms with Gasteiger partial charge in [0.25, 0.3) is 11.6 Å². The number of rotatable bonds is 5. The summed E-state index contributed by atoms with van der Waals surface area (Å²) in [7, 11) is -1.72. The van der Waals surface area contributed by atoms with Gasteiger partial charge in [0, 0.05) is 38.3 Å². The molecule has 1 amide bonds. The molecule has 1 aliphatic rings. The second kappa shape index (κ2) is 7.67. The first-order valence-corrected chi connectivity index (χ1v) is 9.85. The van der Waals surface area contributed by atoms with E-state index in [1.54, 1.807) is 18.9 Å². The quantitative estimate of drug-likeness (QED) is 0.567. The number of carbonyl (C=O) groups is 1. The van der Waals surface area contributed by atoms with Crippen LogP contribution in [-0.2, 0) is 10.0 Å². The molecule has 1 heterocycles. The number of nitro groups is 1. The zero-order valence-corrected chi connectivity index (χ0v) is 15.6. The predicted octanol–water partition coefficient (Wildman–Crippen LogP) is 2.13. The van der Waals surface area contributed by atoms with Crippen molar-refractivity contribution in [2.45, 2.75) is 25.8 Å². The molecule has 138 valence electrons. The van der Waals surface area contributed by atoms with Gasteiger partial charge in [-0.25, -0.2) is 12.7 Å². The standard InChI is InChI=1S/C15H20ClN3O5S/c1-3-25(23,24)17(2)11-6-8-18(9-7-11)15(20)13-10-12(19(21)22)4-5-14(13)16/h4-5,10-11H,3,6-9H2,1-2H3. The number of nitro benzene ring substituents is 1. The second-order valence-electron chi connectivity index (χ2n) is 5.86. The number of halogens is 1. The first kappa shape index (κ1) is 19.6. The normalized spacial score (nSPS) is 16.2. The first-order chi connectivity index (χ1) is 11.7. The SMILES string of the molecule is CCS(=O)(=O)N(C)C1CCN(C(=O)c2cc([N+](=O)[O-])ccc2Cl)CC1. The molecule has 0 aromatic heterocycles. The van der Waals surface area contributed by atoms with Gasteiger partial charge in [-0.05, 0) is 25.8 Å². The molecule has 2 rings (SSSR count). The highest BCUT2D eigenvalue weighted by atomic mass is 35.5. The molecule has 0 atom stereocenters. The molecule has 0 aliphatic carbocycles. The second-order valence-corrected chi connectivity index (χ2v) is 8.59. The van der Waals surface area contributed by atoms with Gasteiger partial charge in [-0.2, -0.15) is 0 Å². The predicted molar refractivity (Wildman–Crippen MR) is 94.3 cm³/mol. The number of piperidine rings is 1. The summed E-state index contributed by atoms with van der Waals surface area (Å²) in [6, 6.07) is 3.59. The largest absolute Gasteiger partial charge is 0.338 e. The van der Waals surface area contributed by atoms with E-state index in [0.717, 1.165) is 0 Å². The Labute approximate surface area is 151 Å². The number of nitrogens with zero attached hydrogens (tertiary/aromatic N) is 3. The smallest absolute Gasteiger partial charge is 0.270 e. The van der Waals surface area contributed by atoms with Crippen molar-refractivity contribution in [3.63, 3.8) is 0 Å². The van der Waals surface area contributed by atoms with Gasteiger partial charge in [0.1, 0.15) is 0 Å². The molecule has 0 bridgehead atoms. The summed E-state index contributed by atoms with van der Waals surface area (Å²) < 4.78 is 25.3. The maximum atomic E-state index is 12.6. The Hall–Kier alpha value is -1.71. The summed E-state index contributed by atoms with van der Waals surface area (Å²) in [5.74, 6) is -0.348. The highest BCUT2D eigenvalue weighted by molar-refractivity contribution is 7.89. The molecule has 1 aliphatic heterocycles. The van der Waals surface area contributed by atoms with E-state index in [2.05, 4.69) is 0 Å². The molecular weight excluding hydrogens is 370 g/mol. The van der Waals surface area contributed by atoms with E-state index in [9.17, 15) is 23.3 Å². The zero-order valence-electron chi connectivity index (χ0n) is 14.0. The van der Waals surface area contributed by atoms with Gasteiger partial charge < -0.3 is 4.90 Å². The van der Waals surface area contributed by atoms with Crippen LogP contribution in [0.25, 0.3) is 0 Å². The molecule has 0 spiro atoms. The third kappa shape index (κ3) is 4.28. The number of carbonyl (C=O) groups excluding carboxylic acids is 1. The van der Waals surface area contributed by atoms with Gasteiger partial charge in [-0.1, -0.05) is 11.6 Å². The Bertz CT molecular complexity index is 775. The third-order valence-electron chi connectivity index (χ3n) is 4.46. The van der Waals surface area contributed by atoms with Crippen LogP contribution >= 0.6 is 11.6 Å². The van der Waals surface area contributed by atoms with Crippen molar-refractivity contribution in [1.82, 2.24) is 9.21 Å². The number of non-ortho nitro benzene ring substituents is 1. The van der Waals surface area contributed by atoms with Crippen molar-refractivity contribution in [3.8, 4) is 0 Å². The Kier molecular flexibility index (Phi) is 6.02. The first-order valence-electron chi connectivity index (χ1n) is 7.86. The van der Waals surface area contributed by atoms with Crippen LogP contribution in [0.2, 0.25) is 5.02 Å². The third-order valence-corrected chi connectivity index (χ3v) is 6.70. The minimum Gasteiger partial charge on any atom is -0.338 e. The molecule has 10 heteroatoms. The monoisotopic (exact) mass is 389 g/mol. The summed E-state index contributed by atoms with van der Waals surface area (Å²) in [6.07, 6.45) is 1.02. The van der Waals surface area contributed by atoms with Crippen LogP contribution in [0.15, 0.2) is 18.2 Å². The molecule has 8 nitrogen and oxygen atoms in total. The summed E-state index contributed by atoms with van der Waals surface area (Å²) in [5.41, 5.74) is -0.111. The van der Waals surface area contributed by atoms with Crippen molar-refractivity contribution < 1.29 is 18.1 Å². The lowest BCUT2D eigenvalue weighted by Gasteiger charge is -2.36. The Balaban J connectivity index is 2.10. The number of likely N-dealkylation sites (tertiary alicyclic amines) is 1. The van der Waals surface area contributed by atoms with E-state index < -0.39 is 14.9 Å². The fraction of sp³-hybridized carbons (Fsp3) is 0.533. The van der Waals surface area contributed by atoms with Crippen LogP contribution in [-0.4, -0.2) is 60.4 Å². The lowest BCUT2D eigenvalue weighted by Crippen LogP contribution is -2.47. The van der Waals surface area contributed by atoms with Gasteiger partial charge in [0.05, 0.1) is 21.3 Å². The molecule has 0 unspecified atom stereocenters. The van der Waals surface area contributed by atoms with Crippen LogP contribution in [0.5, 0.6) is 0 Å². The molecule has 1 aromatic rings. The molecular formula is C15H20ClN3O5S. The van der Waals surface area contributed by atoms with Gasteiger partial charge in [0.15, 0.2) is 0 Å². The number of hydrogen-bond acceptors (Lipinski definition) is 5. The Morgan fingerprint density at radius 2 is 2.00 bits per heavy atom. The molecule has 1 saturated heterocycles. The number of amides is 1. The van der Waals surface area contributed by atoms with Gasteiger partial charge in [-0.3, -0.25) is 14.9 Å². The summed E-state index contributed by atoms with van der Waals surface area (Å²) in [6.45, 7) is 2.33. The molecule has 1 aromatic carbocycles. The van der Waals surface area contributed by atoms with Crippen LogP contribution in [0.3, 0.4) is 0 Å². The molecule has 0 saturated carbocycles. The van der Waals surface area contributed by atoms with Crippen molar-refractivity contribution >= 4 is 33.2 Å². The lowest BCUT2D eigenvalue weighted by atomic mass is 10.0. The van der Waals surface area contributed by atoms with E-state index >= 15 is 0 Å². The maximum absolute atomic E-state index is 12.6. The molecule has 0 N–H and O–H groups in total. The van der Waals surface area contributed by atoms with Crippen molar-refractivity contribution in [1.29, 1.82) is 0 Å². The Morgan fingerprint density at radius 3 is 2.52 bits per heavy atom. The van der Waals surface area contributed by atoms with Crippen molar-refractivity contribution in [3.05, 3.63) is 38.9 Å². The van der Waals surface area contributed by atoms with Crippen LogP contribution in [0, 0.1) is 10.1 Å². The van der Waals surface area contributed by atoms with Crippen LogP contribution in [0.4, 0.5) is 5.69 Å². The van der Waals surface area contributed by atoms with Gasteiger partial charge in [0.2, 0.25) is 10.0 Å². The summed E-state index contributed by atoms with van der Waals surface area (Å²) in [4.78, 5) is 24.5. The molecule has 25 heavy (non-hydrogen) atoms. The van der Waals surface area contributed by atoms with E-state index in [1.165, 1.54) is 22.5 Å². The Morgan fingerprint density at radius 1 is 1.40 bits per heavy atom. The fourth-order valence-corrected chi connectivity index (χ4v) is 4.10. The number of sulfonamides is 1. The molecule has 1 fully saturated rings. The molecule has 0 radical (unpaired) electrons. The van der Waals surface area contributed by atoms with Crippen LogP contribution in [0.1, 0.15) is 30.1 Å². The van der Waals surface area contributed by atoms with E-state index in [4.69, 9.17) is 11.6 Å². The minimum atomic E-state index is -3.28. The number of hydrogen-bond donors (Lipinski definition) is 0. The lowest BCUT2D eigenvalue weighted by molar-refractivity contribution is -0.384. The summed E-state index contributed by atoms with van der Waals surface area (Å²) >= 11 is 6.02.